The van der Waals surface area contributed by atoms with E-state index in [0.717, 1.165) is 0 Å². The first-order valence-corrected chi connectivity index (χ1v) is 4.37. The molecule has 0 bridgehead atoms. The Balaban J connectivity index is 3.46. The first-order valence-electron chi connectivity index (χ1n) is 4.37. The van der Waals surface area contributed by atoms with Crippen LogP contribution in [0.1, 0.15) is 20.8 Å². The van der Waals surface area contributed by atoms with E-state index in [2.05, 4.69) is 0 Å². The molecule has 0 spiro atoms. The molecule has 0 rings (SSSR count). The van der Waals surface area contributed by atoms with E-state index >= 15 is 0 Å². The van der Waals surface area contributed by atoms with Crippen LogP contribution in [0.25, 0.3) is 0 Å². The van der Waals surface area contributed by atoms with Gasteiger partial charge in [0.25, 0.3) is 0 Å². The van der Waals surface area contributed by atoms with E-state index < -0.39 is 12.6 Å². The van der Waals surface area contributed by atoms with E-state index in [-0.39, 0.29) is 6.29 Å². The van der Waals surface area contributed by atoms with Gasteiger partial charge in [0, 0.05) is 6.54 Å². The Morgan fingerprint density at radius 3 is 2.23 bits per heavy atom. The van der Waals surface area contributed by atoms with Crippen LogP contribution in [0.15, 0.2) is 0 Å². The van der Waals surface area contributed by atoms with Crippen molar-refractivity contribution in [1.82, 2.24) is 0 Å². The molecule has 0 aliphatic heterocycles. The van der Waals surface area contributed by atoms with E-state index in [0.29, 0.717) is 13.2 Å². The Morgan fingerprint density at radius 2 is 1.77 bits per heavy atom. The third kappa shape index (κ3) is 8.14. The fourth-order valence-electron chi connectivity index (χ4n) is 0.853. The van der Waals surface area contributed by atoms with Crippen molar-refractivity contribution in [3.8, 4) is 0 Å². The van der Waals surface area contributed by atoms with Crippen LogP contribution in [0.2, 0.25) is 0 Å². The van der Waals surface area contributed by atoms with Gasteiger partial charge in [-0.25, -0.2) is 0 Å². The van der Waals surface area contributed by atoms with Crippen LogP contribution in [0, 0.1) is 0 Å². The highest BCUT2D eigenvalue weighted by atomic mass is 16.8. The maximum Gasteiger partial charge on any atom is 0.161 e. The van der Waals surface area contributed by atoms with Gasteiger partial charge in [-0.1, -0.05) is 0 Å². The fraction of sp³-hybridized carbons (Fsp3) is 1.00. The van der Waals surface area contributed by atoms with Crippen molar-refractivity contribution in [3.05, 3.63) is 0 Å². The van der Waals surface area contributed by atoms with Gasteiger partial charge in [0.2, 0.25) is 0 Å². The van der Waals surface area contributed by atoms with Crippen LogP contribution < -0.4 is 5.73 Å². The highest BCUT2D eigenvalue weighted by molar-refractivity contribution is 4.38. The predicted molar refractivity (Wildman–Crippen MR) is 47.8 cm³/mol. The van der Waals surface area contributed by atoms with Gasteiger partial charge in [-0.3, -0.25) is 0 Å². The Kier molecular flexibility index (Phi) is 7.12. The summed E-state index contributed by atoms with van der Waals surface area (Å²) in [6, 6.07) is 0. The number of aliphatic hydroxyl groups is 1. The molecular formula is C8H19NO4. The monoisotopic (exact) mass is 193 g/mol. The summed E-state index contributed by atoms with van der Waals surface area (Å²) < 4.78 is 15.3. The zero-order chi connectivity index (χ0) is 10.3. The minimum atomic E-state index is -0.836. The molecule has 5 heteroatoms. The molecule has 0 aromatic rings. The molecule has 0 saturated heterocycles. The van der Waals surface area contributed by atoms with Crippen LogP contribution in [0.5, 0.6) is 0 Å². The molecule has 0 heterocycles. The third-order valence-corrected chi connectivity index (χ3v) is 1.24. The molecule has 0 fully saturated rings. The molecule has 3 unspecified atom stereocenters. The molecule has 0 amide bonds. The standard InChI is InChI=1S/C8H19NO4/c1-6(10)12-8(3)13-7(2)11-5-4-9/h6-8,10H,4-5,9H2,1-3H3. The second kappa shape index (κ2) is 7.23. The number of hydrogen-bond acceptors (Lipinski definition) is 5. The molecule has 0 aliphatic carbocycles. The van der Waals surface area contributed by atoms with E-state index in [4.69, 9.17) is 25.1 Å². The highest BCUT2D eigenvalue weighted by Crippen LogP contribution is 2.02. The number of aliphatic hydroxyl groups excluding tert-OH is 1. The van der Waals surface area contributed by atoms with Crippen molar-refractivity contribution >= 4 is 0 Å². The van der Waals surface area contributed by atoms with Crippen LogP contribution in [-0.4, -0.2) is 37.1 Å². The number of rotatable bonds is 7. The summed E-state index contributed by atoms with van der Waals surface area (Å²) in [7, 11) is 0. The minimum Gasteiger partial charge on any atom is -0.368 e. The lowest BCUT2D eigenvalue weighted by molar-refractivity contribution is -0.269. The Hall–Kier alpha value is -0.200. The van der Waals surface area contributed by atoms with E-state index in [1.54, 1.807) is 13.8 Å². The van der Waals surface area contributed by atoms with Crippen LogP contribution >= 0.6 is 0 Å². The van der Waals surface area contributed by atoms with Crippen LogP contribution in [-0.2, 0) is 14.2 Å². The van der Waals surface area contributed by atoms with Gasteiger partial charge in [0.1, 0.15) is 0 Å². The fourth-order valence-corrected chi connectivity index (χ4v) is 0.853. The molecule has 5 nitrogen and oxygen atoms in total. The summed E-state index contributed by atoms with van der Waals surface area (Å²) in [4.78, 5) is 0. The third-order valence-electron chi connectivity index (χ3n) is 1.24. The van der Waals surface area contributed by atoms with E-state index in [1.807, 2.05) is 0 Å². The minimum absolute atomic E-state index is 0.378. The van der Waals surface area contributed by atoms with Crippen LogP contribution in [0.3, 0.4) is 0 Å². The summed E-state index contributed by atoms with van der Waals surface area (Å²) in [5.74, 6) is 0. The maximum absolute atomic E-state index is 8.85. The smallest absolute Gasteiger partial charge is 0.161 e. The molecule has 0 aliphatic rings. The molecular weight excluding hydrogens is 174 g/mol. The van der Waals surface area contributed by atoms with Gasteiger partial charge in [-0.15, -0.1) is 0 Å². The lowest BCUT2D eigenvalue weighted by Crippen LogP contribution is -2.26. The second-order valence-corrected chi connectivity index (χ2v) is 2.67. The maximum atomic E-state index is 8.85. The van der Waals surface area contributed by atoms with Gasteiger partial charge >= 0.3 is 0 Å². The Bertz CT molecular complexity index is 121. The average molecular weight is 193 g/mol. The molecule has 3 atom stereocenters. The van der Waals surface area contributed by atoms with E-state index in [9.17, 15) is 0 Å². The quantitative estimate of drug-likeness (QED) is 0.558. The van der Waals surface area contributed by atoms with Gasteiger partial charge in [-0.05, 0) is 20.8 Å². The zero-order valence-corrected chi connectivity index (χ0v) is 8.40. The molecule has 0 radical (unpaired) electrons. The topological polar surface area (TPSA) is 73.9 Å². The predicted octanol–water partition coefficient (Wildman–Crippen LogP) is 0.0252. The van der Waals surface area contributed by atoms with Gasteiger partial charge in [0.15, 0.2) is 18.9 Å². The molecule has 13 heavy (non-hydrogen) atoms. The Labute approximate surface area is 78.8 Å². The van der Waals surface area contributed by atoms with E-state index in [1.165, 1.54) is 6.92 Å². The first kappa shape index (κ1) is 12.8. The largest absolute Gasteiger partial charge is 0.368 e. The molecule has 3 N–H and O–H groups in total. The molecule has 80 valence electrons. The molecule has 0 saturated carbocycles. The number of nitrogens with two attached hydrogens (primary N) is 1. The highest BCUT2D eigenvalue weighted by Gasteiger charge is 2.10. The summed E-state index contributed by atoms with van der Waals surface area (Å²) >= 11 is 0. The summed E-state index contributed by atoms with van der Waals surface area (Å²) in [5, 5.41) is 8.85. The second-order valence-electron chi connectivity index (χ2n) is 2.67. The van der Waals surface area contributed by atoms with Crippen molar-refractivity contribution in [1.29, 1.82) is 0 Å². The summed E-state index contributed by atoms with van der Waals surface area (Å²) in [5.41, 5.74) is 5.24. The zero-order valence-electron chi connectivity index (χ0n) is 8.40. The van der Waals surface area contributed by atoms with Crippen molar-refractivity contribution in [3.63, 3.8) is 0 Å². The Morgan fingerprint density at radius 1 is 1.15 bits per heavy atom. The summed E-state index contributed by atoms with van der Waals surface area (Å²) in [6.45, 7) is 5.86. The average Bonchev–Trinajstić information content (AvgIpc) is 1.98. The SMILES string of the molecule is CC(O)OC(C)OC(C)OCCN. The van der Waals surface area contributed by atoms with Crippen LogP contribution in [0.4, 0.5) is 0 Å². The molecule has 0 aromatic heterocycles. The van der Waals surface area contributed by atoms with Gasteiger partial charge in [-0.2, -0.15) is 0 Å². The molecule has 0 aromatic carbocycles. The van der Waals surface area contributed by atoms with Crippen molar-refractivity contribution < 1.29 is 19.3 Å². The van der Waals surface area contributed by atoms with Gasteiger partial charge in [0.05, 0.1) is 6.61 Å². The number of hydrogen-bond donors (Lipinski definition) is 2. The van der Waals surface area contributed by atoms with Crippen molar-refractivity contribution in [2.75, 3.05) is 13.2 Å². The number of ether oxygens (including phenoxy) is 3. The van der Waals surface area contributed by atoms with Crippen molar-refractivity contribution in [2.45, 2.75) is 39.6 Å². The first-order chi connectivity index (χ1) is 6.06. The lowest BCUT2D eigenvalue weighted by atomic mass is 10.6. The lowest BCUT2D eigenvalue weighted by Gasteiger charge is -2.20. The van der Waals surface area contributed by atoms with Gasteiger partial charge < -0.3 is 25.1 Å². The summed E-state index contributed by atoms with van der Waals surface area (Å²) in [6.07, 6.45) is -1.71. The normalized spacial score (nSPS) is 18.2. The van der Waals surface area contributed by atoms with Crippen molar-refractivity contribution in [2.24, 2.45) is 5.73 Å².